The molecule has 2 aliphatic rings. The summed E-state index contributed by atoms with van der Waals surface area (Å²) < 4.78 is 27.1. The topological polar surface area (TPSA) is 137 Å². The summed E-state index contributed by atoms with van der Waals surface area (Å²) in [5.74, 6) is -0.225. The molecule has 3 aromatic heterocycles. The lowest BCUT2D eigenvalue weighted by Crippen LogP contribution is -2.53. The van der Waals surface area contributed by atoms with E-state index in [4.69, 9.17) is 0 Å². The van der Waals surface area contributed by atoms with Gasteiger partial charge >= 0.3 is 0 Å². The van der Waals surface area contributed by atoms with E-state index in [9.17, 15) is 13.8 Å². The summed E-state index contributed by atoms with van der Waals surface area (Å²) in [6, 6.07) is 4.01. The molecule has 5 rings (SSSR count). The molecule has 1 unspecified atom stereocenters. The molecule has 2 fully saturated rings. The van der Waals surface area contributed by atoms with Gasteiger partial charge in [-0.05, 0) is 81.4 Å². The SMILES string of the molecule is CCc1n[nH]c(C)c1-c1ccc(NC(=O)[C@H](C(C2CC2)C2CC2)N(CCCS(C)=O)C(=O)c2ccn[nH]2)nc1F. The van der Waals surface area contributed by atoms with Crippen LogP contribution in [0.3, 0.4) is 0 Å². The van der Waals surface area contributed by atoms with Gasteiger partial charge < -0.3 is 10.2 Å². The minimum atomic E-state index is -1.03. The van der Waals surface area contributed by atoms with E-state index in [1.807, 2.05) is 13.8 Å². The Hall–Kier alpha value is -3.41. The van der Waals surface area contributed by atoms with Crippen LogP contribution < -0.4 is 5.32 Å². The molecule has 214 valence electrons. The molecular formula is C28H36FN7O3S. The first-order chi connectivity index (χ1) is 19.3. The molecule has 3 N–H and O–H groups in total. The number of nitrogens with one attached hydrogen (secondary N) is 3. The Balaban J connectivity index is 1.45. The van der Waals surface area contributed by atoms with E-state index in [1.165, 1.54) is 6.20 Å². The van der Waals surface area contributed by atoms with Crippen LogP contribution in [-0.4, -0.2) is 70.9 Å². The quantitative estimate of drug-likeness (QED) is 0.268. The van der Waals surface area contributed by atoms with Crippen molar-refractivity contribution in [2.75, 3.05) is 23.9 Å². The lowest BCUT2D eigenvalue weighted by atomic mass is 9.87. The Morgan fingerprint density at radius 1 is 1.18 bits per heavy atom. The fraction of sp³-hybridized carbons (Fsp3) is 0.536. The molecule has 10 nitrogen and oxygen atoms in total. The average molecular weight is 570 g/mol. The smallest absolute Gasteiger partial charge is 0.272 e. The molecule has 0 aromatic carbocycles. The number of rotatable bonds is 13. The number of H-pyrrole nitrogens is 2. The number of aryl methyl sites for hydroxylation is 2. The van der Waals surface area contributed by atoms with Crippen LogP contribution in [0.15, 0.2) is 24.4 Å². The number of carbonyl (C=O) groups excluding carboxylic acids is 2. The van der Waals surface area contributed by atoms with Crippen molar-refractivity contribution in [2.24, 2.45) is 17.8 Å². The lowest BCUT2D eigenvalue weighted by molar-refractivity contribution is -0.123. The molecule has 0 saturated heterocycles. The lowest BCUT2D eigenvalue weighted by Gasteiger charge is -2.36. The van der Waals surface area contributed by atoms with Crippen molar-refractivity contribution in [1.82, 2.24) is 30.3 Å². The van der Waals surface area contributed by atoms with Crippen LogP contribution in [0.4, 0.5) is 10.2 Å². The Morgan fingerprint density at radius 3 is 2.48 bits per heavy atom. The van der Waals surface area contributed by atoms with E-state index < -0.39 is 22.8 Å². The first-order valence-corrected chi connectivity index (χ1v) is 15.6. The Kier molecular flexibility index (Phi) is 8.43. The van der Waals surface area contributed by atoms with Crippen molar-refractivity contribution >= 4 is 28.4 Å². The van der Waals surface area contributed by atoms with Gasteiger partial charge in [-0.15, -0.1) is 0 Å². The van der Waals surface area contributed by atoms with Crippen molar-refractivity contribution in [2.45, 2.75) is 58.4 Å². The summed E-state index contributed by atoms with van der Waals surface area (Å²) >= 11 is 0. The van der Waals surface area contributed by atoms with Crippen LogP contribution in [0.25, 0.3) is 11.1 Å². The first-order valence-electron chi connectivity index (χ1n) is 13.9. The van der Waals surface area contributed by atoms with Gasteiger partial charge in [0.2, 0.25) is 11.9 Å². The van der Waals surface area contributed by atoms with Gasteiger partial charge in [-0.3, -0.25) is 24.0 Å². The van der Waals surface area contributed by atoms with Crippen LogP contribution >= 0.6 is 0 Å². The molecule has 0 bridgehead atoms. The zero-order valence-corrected chi connectivity index (χ0v) is 23.9. The molecule has 2 amide bonds. The molecule has 2 saturated carbocycles. The highest BCUT2D eigenvalue weighted by Crippen LogP contribution is 2.52. The predicted molar refractivity (Wildman–Crippen MR) is 150 cm³/mol. The molecule has 0 aliphatic heterocycles. The zero-order chi connectivity index (χ0) is 28.4. The summed E-state index contributed by atoms with van der Waals surface area (Å²) in [4.78, 5) is 33.4. The van der Waals surface area contributed by atoms with Gasteiger partial charge in [-0.2, -0.15) is 14.6 Å². The molecule has 12 heteroatoms. The Bertz CT molecular complexity index is 1370. The minimum absolute atomic E-state index is 0.0104. The van der Waals surface area contributed by atoms with Crippen LogP contribution in [0.1, 0.15) is 60.9 Å². The monoisotopic (exact) mass is 569 g/mol. The second-order valence-electron chi connectivity index (χ2n) is 10.8. The van der Waals surface area contributed by atoms with Crippen molar-refractivity contribution in [3.05, 3.63) is 47.4 Å². The number of aromatic nitrogens is 5. The van der Waals surface area contributed by atoms with Gasteiger partial charge in [0, 0.05) is 52.4 Å². The number of hydrogen-bond acceptors (Lipinski definition) is 6. The fourth-order valence-corrected chi connectivity index (χ4v) is 6.24. The first kappa shape index (κ1) is 28.1. The summed E-state index contributed by atoms with van der Waals surface area (Å²) in [5.41, 5.74) is 2.77. The number of hydrogen-bond donors (Lipinski definition) is 3. The van der Waals surface area contributed by atoms with Crippen molar-refractivity contribution in [1.29, 1.82) is 0 Å². The predicted octanol–water partition coefficient (Wildman–Crippen LogP) is 3.86. The van der Waals surface area contributed by atoms with Crippen LogP contribution in [0, 0.1) is 30.6 Å². The zero-order valence-electron chi connectivity index (χ0n) is 23.1. The highest BCUT2D eigenvalue weighted by atomic mass is 32.2. The highest BCUT2D eigenvalue weighted by molar-refractivity contribution is 7.84. The number of amides is 2. The third kappa shape index (κ3) is 6.16. The van der Waals surface area contributed by atoms with Gasteiger partial charge in [0.25, 0.3) is 5.91 Å². The van der Waals surface area contributed by atoms with Gasteiger partial charge in [0.15, 0.2) is 0 Å². The summed E-state index contributed by atoms with van der Waals surface area (Å²) in [6.07, 6.45) is 8.31. The van der Waals surface area contributed by atoms with E-state index >= 15 is 4.39 Å². The largest absolute Gasteiger partial charge is 0.325 e. The van der Waals surface area contributed by atoms with Gasteiger partial charge in [0.05, 0.1) is 5.69 Å². The summed E-state index contributed by atoms with van der Waals surface area (Å²) in [6.45, 7) is 4.05. The fourth-order valence-electron chi connectivity index (χ4n) is 5.71. The summed E-state index contributed by atoms with van der Waals surface area (Å²) in [7, 11) is -1.03. The normalized spacial score (nSPS) is 16.6. The van der Waals surface area contributed by atoms with E-state index in [-0.39, 0.29) is 35.8 Å². The maximum Gasteiger partial charge on any atom is 0.272 e. The third-order valence-electron chi connectivity index (χ3n) is 7.85. The van der Waals surface area contributed by atoms with Crippen LogP contribution in [0.5, 0.6) is 0 Å². The summed E-state index contributed by atoms with van der Waals surface area (Å²) in [5, 5.41) is 16.6. The van der Waals surface area contributed by atoms with E-state index in [1.54, 1.807) is 29.4 Å². The third-order valence-corrected chi connectivity index (χ3v) is 8.71. The van der Waals surface area contributed by atoms with Gasteiger partial charge in [0.1, 0.15) is 17.6 Å². The maximum atomic E-state index is 15.3. The number of anilines is 1. The molecule has 3 aromatic rings. The molecule has 0 radical (unpaired) electrons. The molecule has 40 heavy (non-hydrogen) atoms. The molecular weight excluding hydrogens is 533 g/mol. The Morgan fingerprint density at radius 2 is 1.90 bits per heavy atom. The second-order valence-corrected chi connectivity index (χ2v) is 12.4. The number of carbonyl (C=O) groups is 2. The maximum absolute atomic E-state index is 15.3. The number of pyridine rings is 1. The van der Waals surface area contributed by atoms with Crippen molar-refractivity contribution in [3.63, 3.8) is 0 Å². The van der Waals surface area contributed by atoms with Gasteiger partial charge in [-0.1, -0.05) is 6.92 Å². The number of aromatic amines is 2. The van der Waals surface area contributed by atoms with E-state index in [0.717, 1.165) is 37.1 Å². The van der Waals surface area contributed by atoms with E-state index in [2.05, 4.69) is 30.7 Å². The standard InChI is InChI=1S/C28H36FN7O3S/c1-4-20-23(16(2)33-35-20)19-10-11-22(31-26(19)29)32-27(37)25(24(17-6-7-17)18-8-9-18)36(14-5-15-40(3)39)28(38)21-12-13-30-34-21/h10-13,17-18,24-25H,4-9,14-15H2,1-3H3,(H,30,34)(H,33,35)(H,31,32,37)/t25-,40?/m0/s1. The van der Waals surface area contributed by atoms with Crippen LogP contribution in [0.2, 0.25) is 0 Å². The highest BCUT2D eigenvalue weighted by Gasteiger charge is 2.50. The van der Waals surface area contributed by atoms with Crippen LogP contribution in [-0.2, 0) is 22.0 Å². The van der Waals surface area contributed by atoms with Crippen molar-refractivity contribution < 1.29 is 18.2 Å². The average Bonchev–Trinajstić information content (AvgIpc) is 3.85. The van der Waals surface area contributed by atoms with Crippen molar-refractivity contribution in [3.8, 4) is 11.1 Å². The molecule has 0 spiro atoms. The molecule has 3 heterocycles. The van der Waals surface area contributed by atoms with E-state index in [0.29, 0.717) is 41.6 Å². The van der Waals surface area contributed by atoms with Gasteiger partial charge in [-0.25, -0.2) is 4.98 Å². The Labute approximate surface area is 235 Å². The molecule has 2 aliphatic carbocycles. The molecule has 2 atom stereocenters. The number of nitrogens with zero attached hydrogens (tertiary/aromatic N) is 4. The number of halogens is 1. The minimum Gasteiger partial charge on any atom is -0.325 e. The second kappa shape index (κ2) is 12.0.